The highest BCUT2D eigenvalue weighted by Gasteiger charge is 2.09. The molecule has 0 amide bonds. The lowest BCUT2D eigenvalue weighted by molar-refractivity contribution is 1.07. The number of nitrogens with zero attached hydrogens (tertiary/aromatic N) is 3. The SMILES string of the molecule is Cc1[nH]nc2c(Nc3cccc(Cl)c3)ncnc12. The average Bonchev–Trinajstić information content (AvgIpc) is 2.73. The van der Waals surface area contributed by atoms with E-state index in [0.717, 1.165) is 22.4 Å². The Hall–Kier alpha value is -2.14. The highest BCUT2D eigenvalue weighted by molar-refractivity contribution is 6.30. The van der Waals surface area contributed by atoms with Crippen LogP contribution in [-0.4, -0.2) is 20.2 Å². The predicted octanol–water partition coefficient (Wildman–Crippen LogP) is 3.06. The van der Waals surface area contributed by atoms with Crippen molar-refractivity contribution in [2.45, 2.75) is 6.92 Å². The molecule has 18 heavy (non-hydrogen) atoms. The van der Waals surface area contributed by atoms with Crippen LogP contribution in [0, 0.1) is 6.92 Å². The highest BCUT2D eigenvalue weighted by atomic mass is 35.5. The molecule has 0 unspecified atom stereocenters. The molecule has 0 saturated carbocycles. The van der Waals surface area contributed by atoms with Crippen molar-refractivity contribution in [3.05, 3.63) is 41.3 Å². The van der Waals surface area contributed by atoms with Crippen LogP contribution in [0.3, 0.4) is 0 Å². The van der Waals surface area contributed by atoms with Gasteiger partial charge in [0.1, 0.15) is 11.8 Å². The fourth-order valence-corrected chi connectivity index (χ4v) is 1.94. The Morgan fingerprint density at radius 1 is 1.22 bits per heavy atom. The molecular formula is C12H10ClN5. The van der Waals surface area contributed by atoms with E-state index in [1.807, 2.05) is 31.2 Å². The molecule has 2 N–H and O–H groups in total. The molecule has 6 heteroatoms. The zero-order valence-electron chi connectivity index (χ0n) is 9.61. The third kappa shape index (κ3) is 1.89. The van der Waals surface area contributed by atoms with Crippen LogP contribution in [0.1, 0.15) is 5.69 Å². The van der Waals surface area contributed by atoms with Crippen molar-refractivity contribution in [2.24, 2.45) is 0 Å². The average molecular weight is 260 g/mol. The maximum absolute atomic E-state index is 5.94. The van der Waals surface area contributed by atoms with Gasteiger partial charge in [0.15, 0.2) is 11.3 Å². The zero-order valence-corrected chi connectivity index (χ0v) is 10.4. The quantitative estimate of drug-likeness (QED) is 0.742. The summed E-state index contributed by atoms with van der Waals surface area (Å²) < 4.78 is 0. The molecule has 0 radical (unpaired) electrons. The van der Waals surface area contributed by atoms with Crippen LogP contribution >= 0.6 is 11.6 Å². The first-order chi connectivity index (χ1) is 8.74. The molecule has 2 aromatic heterocycles. The number of hydrogen-bond donors (Lipinski definition) is 2. The minimum absolute atomic E-state index is 0.659. The summed E-state index contributed by atoms with van der Waals surface area (Å²) in [7, 11) is 0. The van der Waals surface area contributed by atoms with E-state index >= 15 is 0 Å². The van der Waals surface area contributed by atoms with E-state index in [0.29, 0.717) is 10.8 Å². The first-order valence-corrected chi connectivity index (χ1v) is 5.80. The summed E-state index contributed by atoms with van der Waals surface area (Å²) >= 11 is 5.94. The number of rotatable bonds is 2. The number of aryl methyl sites for hydroxylation is 1. The van der Waals surface area contributed by atoms with E-state index in [2.05, 4.69) is 25.5 Å². The smallest absolute Gasteiger partial charge is 0.162 e. The summed E-state index contributed by atoms with van der Waals surface area (Å²) in [5.41, 5.74) is 3.31. The lowest BCUT2D eigenvalue weighted by atomic mass is 10.3. The van der Waals surface area contributed by atoms with Crippen molar-refractivity contribution >= 4 is 34.1 Å². The van der Waals surface area contributed by atoms with Gasteiger partial charge in [-0.1, -0.05) is 17.7 Å². The monoisotopic (exact) mass is 259 g/mol. The third-order valence-corrected chi connectivity index (χ3v) is 2.84. The lowest BCUT2D eigenvalue weighted by Crippen LogP contribution is -1.95. The standard InChI is InChI=1S/C12H10ClN5/c1-7-10-11(18-17-7)12(15-6-14-10)16-9-4-2-3-8(13)5-9/h2-6H,1H3,(H,17,18)(H,14,15,16). The van der Waals surface area contributed by atoms with Crippen molar-refractivity contribution in [1.82, 2.24) is 20.2 Å². The normalized spacial score (nSPS) is 10.8. The number of fused-ring (bicyclic) bond motifs is 1. The van der Waals surface area contributed by atoms with Crippen molar-refractivity contribution in [2.75, 3.05) is 5.32 Å². The number of aromatic nitrogens is 4. The number of H-pyrrole nitrogens is 1. The molecule has 0 aliphatic heterocycles. The van der Waals surface area contributed by atoms with Crippen LogP contribution in [0.2, 0.25) is 5.02 Å². The molecule has 0 fully saturated rings. The van der Waals surface area contributed by atoms with Crippen LogP contribution in [0.4, 0.5) is 11.5 Å². The molecular weight excluding hydrogens is 250 g/mol. The highest BCUT2D eigenvalue weighted by Crippen LogP contribution is 2.23. The van der Waals surface area contributed by atoms with E-state index in [-0.39, 0.29) is 0 Å². The first kappa shape index (κ1) is 11.0. The molecule has 1 aromatic carbocycles. The Bertz CT molecular complexity index is 707. The fraction of sp³-hybridized carbons (Fsp3) is 0.0833. The van der Waals surface area contributed by atoms with Crippen molar-refractivity contribution in [1.29, 1.82) is 0 Å². The second kappa shape index (κ2) is 4.27. The minimum Gasteiger partial charge on any atom is -0.338 e. The largest absolute Gasteiger partial charge is 0.338 e. The predicted molar refractivity (Wildman–Crippen MR) is 71.2 cm³/mol. The Kier molecular flexibility index (Phi) is 2.60. The van der Waals surface area contributed by atoms with Gasteiger partial charge in [-0.25, -0.2) is 9.97 Å². The Balaban J connectivity index is 2.05. The molecule has 90 valence electrons. The maximum atomic E-state index is 5.94. The third-order valence-electron chi connectivity index (χ3n) is 2.60. The van der Waals surface area contributed by atoms with Crippen LogP contribution in [0.25, 0.3) is 11.0 Å². The molecule has 3 aromatic rings. The summed E-state index contributed by atoms with van der Waals surface area (Å²) in [6.45, 7) is 1.92. The van der Waals surface area contributed by atoms with Gasteiger partial charge in [0.2, 0.25) is 0 Å². The number of benzene rings is 1. The Labute approximate surface area is 108 Å². The molecule has 0 atom stereocenters. The molecule has 3 rings (SSSR count). The first-order valence-electron chi connectivity index (χ1n) is 5.42. The van der Waals surface area contributed by atoms with Gasteiger partial charge in [0.25, 0.3) is 0 Å². The topological polar surface area (TPSA) is 66.5 Å². The van der Waals surface area contributed by atoms with E-state index in [9.17, 15) is 0 Å². The number of halogens is 1. The molecule has 0 bridgehead atoms. The van der Waals surface area contributed by atoms with Gasteiger partial charge in [-0.2, -0.15) is 5.10 Å². The number of nitrogens with one attached hydrogen (secondary N) is 2. The van der Waals surface area contributed by atoms with Crippen LogP contribution in [0.5, 0.6) is 0 Å². The molecule has 0 aliphatic carbocycles. The van der Waals surface area contributed by atoms with Crippen molar-refractivity contribution < 1.29 is 0 Å². The summed E-state index contributed by atoms with van der Waals surface area (Å²) in [5.74, 6) is 0.659. The summed E-state index contributed by atoms with van der Waals surface area (Å²) in [6, 6.07) is 7.44. The lowest BCUT2D eigenvalue weighted by Gasteiger charge is -2.05. The van der Waals surface area contributed by atoms with Gasteiger partial charge in [-0.3, -0.25) is 5.10 Å². The molecule has 5 nitrogen and oxygen atoms in total. The number of hydrogen-bond acceptors (Lipinski definition) is 4. The zero-order chi connectivity index (χ0) is 12.5. The van der Waals surface area contributed by atoms with Gasteiger partial charge in [-0.15, -0.1) is 0 Å². The summed E-state index contributed by atoms with van der Waals surface area (Å²) in [4.78, 5) is 8.39. The van der Waals surface area contributed by atoms with E-state index < -0.39 is 0 Å². The van der Waals surface area contributed by atoms with Gasteiger partial charge in [0, 0.05) is 10.7 Å². The molecule has 2 heterocycles. The van der Waals surface area contributed by atoms with Crippen molar-refractivity contribution in [3.63, 3.8) is 0 Å². The maximum Gasteiger partial charge on any atom is 0.162 e. The second-order valence-corrected chi connectivity index (χ2v) is 4.34. The minimum atomic E-state index is 0.659. The summed E-state index contributed by atoms with van der Waals surface area (Å²) in [6.07, 6.45) is 1.51. The van der Waals surface area contributed by atoms with Gasteiger partial charge in [-0.05, 0) is 25.1 Å². The molecule has 0 saturated heterocycles. The van der Waals surface area contributed by atoms with E-state index in [4.69, 9.17) is 11.6 Å². The van der Waals surface area contributed by atoms with E-state index in [1.54, 1.807) is 0 Å². The Morgan fingerprint density at radius 2 is 2.11 bits per heavy atom. The van der Waals surface area contributed by atoms with E-state index in [1.165, 1.54) is 6.33 Å². The van der Waals surface area contributed by atoms with Gasteiger partial charge >= 0.3 is 0 Å². The second-order valence-electron chi connectivity index (χ2n) is 3.90. The number of anilines is 2. The van der Waals surface area contributed by atoms with Gasteiger partial charge < -0.3 is 5.32 Å². The number of aromatic amines is 1. The molecule has 0 spiro atoms. The van der Waals surface area contributed by atoms with Crippen LogP contribution in [0.15, 0.2) is 30.6 Å². The van der Waals surface area contributed by atoms with Crippen LogP contribution in [-0.2, 0) is 0 Å². The summed E-state index contributed by atoms with van der Waals surface area (Å²) in [5, 5.41) is 10.9. The van der Waals surface area contributed by atoms with Crippen molar-refractivity contribution in [3.8, 4) is 0 Å². The fourth-order valence-electron chi connectivity index (χ4n) is 1.75. The van der Waals surface area contributed by atoms with Crippen LogP contribution < -0.4 is 5.32 Å². The molecule has 0 aliphatic rings. The van der Waals surface area contributed by atoms with Gasteiger partial charge in [0.05, 0.1) is 5.69 Å². The Morgan fingerprint density at radius 3 is 2.94 bits per heavy atom.